The van der Waals surface area contributed by atoms with Gasteiger partial charge in [-0.3, -0.25) is 14.8 Å². The second-order valence-electron chi connectivity index (χ2n) is 9.44. The zero-order chi connectivity index (χ0) is 28.7. The average molecular weight is 603 g/mol. The molecule has 2 aliphatic rings. The topological polar surface area (TPSA) is 129 Å². The van der Waals surface area contributed by atoms with Crippen LogP contribution >= 0.6 is 23.2 Å². The molecular weight excluding hydrogens is 579 g/mol. The van der Waals surface area contributed by atoms with Crippen LogP contribution in [0.2, 0.25) is 10.0 Å². The number of hydrogen-bond donors (Lipinski definition) is 2. The molecule has 3 aromatic carbocycles. The van der Waals surface area contributed by atoms with Crippen molar-refractivity contribution in [2.24, 2.45) is 10.5 Å². The summed E-state index contributed by atoms with van der Waals surface area (Å²) in [7, 11) is -4.30. The number of halogens is 2. The molecule has 1 fully saturated rings. The van der Waals surface area contributed by atoms with Crippen molar-refractivity contribution < 1.29 is 28.0 Å². The SMILES string of the molecule is C[C@]12C(=O)N(c3ccccc3)N=C1CCN(S(=O)(=O)c1ccc(OCc3ccc(Cl)cc3Cl)cc1)[C@H]2C(=O)NO. The number of hydroxylamine groups is 1. The van der Waals surface area contributed by atoms with E-state index in [0.29, 0.717) is 32.8 Å². The lowest BCUT2D eigenvalue weighted by atomic mass is 9.73. The fraction of sp³-hybridized carbons (Fsp3) is 0.222. The molecule has 13 heteroatoms. The van der Waals surface area contributed by atoms with Gasteiger partial charge in [-0.15, -0.1) is 0 Å². The van der Waals surface area contributed by atoms with Crippen molar-refractivity contribution in [2.45, 2.75) is 30.9 Å². The van der Waals surface area contributed by atoms with E-state index in [1.165, 1.54) is 36.2 Å². The summed E-state index contributed by atoms with van der Waals surface area (Å²) < 4.78 is 34.3. The first-order valence-electron chi connectivity index (χ1n) is 12.2. The largest absolute Gasteiger partial charge is 0.489 e. The fourth-order valence-corrected chi connectivity index (χ4v) is 7.06. The van der Waals surface area contributed by atoms with Crippen LogP contribution in [0.4, 0.5) is 5.69 Å². The predicted octanol–water partition coefficient (Wildman–Crippen LogP) is 4.25. The highest BCUT2D eigenvalue weighted by atomic mass is 35.5. The highest BCUT2D eigenvalue weighted by Crippen LogP contribution is 2.43. The Morgan fingerprint density at radius 3 is 2.48 bits per heavy atom. The van der Waals surface area contributed by atoms with Crippen LogP contribution in [-0.4, -0.2) is 48.0 Å². The monoisotopic (exact) mass is 602 g/mol. The Labute approximate surface area is 240 Å². The quantitative estimate of drug-likeness (QED) is 0.307. The summed E-state index contributed by atoms with van der Waals surface area (Å²) in [5, 5.41) is 16.1. The van der Waals surface area contributed by atoms with E-state index in [4.69, 9.17) is 27.9 Å². The Kier molecular flexibility index (Phi) is 7.60. The average Bonchev–Trinajstić information content (AvgIpc) is 3.22. The molecule has 0 aromatic heterocycles. The number of fused-ring (bicyclic) bond motifs is 1. The van der Waals surface area contributed by atoms with E-state index in [1.807, 2.05) is 0 Å². The van der Waals surface area contributed by atoms with Crippen LogP contribution in [0.3, 0.4) is 0 Å². The summed E-state index contributed by atoms with van der Waals surface area (Å²) in [6.45, 7) is 1.48. The van der Waals surface area contributed by atoms with E-state index in [0.717, 1.165) is 4.31 Å². The second kappa shape index (κ2) is 10.8. The molecular formula is C27H24Cl2N4O6S. The maximum absolute atomic E-state index is 13.8. The number of rotatable bonds is 7. The lowest BCUT2D eigenvalue weighted by Gasteiger charge is -2.42. The van der Waals surface area contributed by atoms with Crippen molar-refractivity contribution in [3.8, 4) is 5.75 Å². The highest BCUT2D eigenvalue weighted by molar-refractivity contribution is 7.89. The molecule has 0 aliphatic carbocycles. The van der Waals surface area contributed by atoms with Crippen molar-refractivity contribution in [2.75, 3.05) is 11.6 Å². The van der Waals surface area contributed by atoms with Crippen LogP contribution in [0.15, 0.2) is 82.8 Å². The van der Waals surface area contributed by atoms with Crippen LogP contribution in [-0.2, 0) is 26.2 Å². The molecule has 10 nitrogen and oxygen atoms in total. The number of hydrazone groups is 1. The smallest absolute Gasteiger partial charge is 0.263 e. The third kappa shape index (κ3) is 4.84. The van der Waals surface area contributed by atoms with Gasteiger partial charge < -0.3 is 4.74 Å². The molecule has 0 radical (unpaired) electrons. The number of nitrogens with zero attached hydrogens (tertiary/aromatic N) is 3. The van der Waals surface area contributed by atoms with Gasteiger partial charge in [-0.2, -0.15) is 14.4 Å². The number of carbonyl (C=O) groups excluding carboxylic acids is 2. The Balaban J connectivity index is 1.41. The molecule has 0 saturated carbocycles. The van der Waals surface area contributed by atoms with Gasteiger partial charge in [0, 0.05) is 28.6 Å². The summed E-state index contributed by atoms with van der Waals surface area (Å²) in [5.41, 5.74) is 1.42. The number of amides is 2. The Morgan fingerprint density at radius 2 is 1.82 bits per heavy atom. The molecule has 0 unspecified atom stereocenters. The number of sulfonamides is 1. The van der Waals surface area contributed by atoms with Crippen molar-refractivity contribution >= 4 is 56.4 Å². The minimum atomic E-state index is -4.30. The predicted molar refractivity (Wildman–Crippen MR) is 149 cm³/mol. The third-order valence-electron chi connectivity index (χ3n) is 7.06. The van der Waals surface area contributed by atoms with Crippen molar-refractivity contribution in [3.05, 3.63) is 88.4 Å². The van der Waals surface area contributed by atoms with Gasteiger partial charge in [0.15, 0.2) is 0 Å². The second-order valence-corrected chi connectivity index (χ2v) is 12.2. The lowest BCUT2D eigenvalue weighted by Crippen LogP contribution is -2.65. The molecule has 2 atom stereocenters. The summed E-state index contributed by atoms with van der Waals surface area (Å²) in [6, 6.07) is 17.7. The first kappa shape index (κ1) is 28.1. The summed E-state index contributed by atoms with van der Waals surface area (Å²) in [4.78, 5) is 26.5. The number of ether oxygens (including phenoxy) is 1. The van der Waals surface area contributed by atoms with Gasteiger partial charge in [0.1, 0.15) is 23.8 Å². The van der Waals surface area contributed by atoms with Crippen molar-refractivity contribution in [1.29, 1.82) is 0 Å². The maximum atomic E-state index is 13.8. The number of piperidine rings is 1. The fourth-order valence-electron chi connectivity index (χ4n) is 4.93. The van der Waals surface area contributed by atoms with Crippen LogP contribution in [0.25, 0.3) is 0 Å². The zero-order valence-corrected chi connectivity index (χ0v) is 23.4. The van der Waals surface area contributed by atoms with Gasteiger partial charge in [-0.1, -0.05) is 47.5 Å². The summed E-state index contributed by atoms with van der Waals surface area (Å²) in [5.74, 6) is -1.23. The molecule has 2 amide bonds. The molecule has 2 aliphatic heterocycles. The van der Waals surface area contributed by atoms with Crippen LogP contribution < -0.4 is 15.2 Å². The van der Waals surface area contributed by atoms with Gasteiger partial charge in [-0.05, 0) is 55.5 Å². The van der Waals surface area contributed by atoms with Gasteiger partial charge in [0.05, 0.1) is 16.3 Å². The molecule has 2 N–H and O–H groups in total. The molecule has 208 valence electrons. The number of para-hydroxylation sites is 1. The first-order chi connectivity index (χ1) is 19.1. The standard InChI is InChI=1S/C27H24Cl2N4O6S/c1-27-23(30-33(26(27)35)19-5-3-2-4-6-19)13-14-32(24(27)25(34)31-36)40(37,38)21-11-9-20(10-12-21)39-16-17-7-8-18(28)15-22(17)29/h2-12,15,24,36H,13-14,16H2,1H3,(H,31,34)/t24-,27-/m0/s1. The van der Waals surface area contributed by atoms with E-state index >= 15 is 0 Å². The van der Waals surface area contributed by atoms with E-state index in [9.17, 15) is 23.2 Å². The van der Waals surface area contributed by atoms with Crippen LogP contribution in [0, 0.1) is 5.41 Å². The van der Waals surface area contributed by atoms with E-state index in [1.54, 1.807) is 54.0 Å². The molecule has 3 aromatic rings. The third-order valence-corrected chi connectivity index (χ3v) is 9.53. The zero-order valence-electron chi connectivity index (χ0n) is 21.1. The number of anilines is 1. The van der Waals surface area contributed by atoms with E-state index in [-0.39, 0.29) is 24.5 Å². The van der Waals surface area contributed by atoms with Gasteiger partial charge in [0.25, 0.3) is 11.8 Å². The molecule has 0 spiro atoms. The van der Waals surface area contributed by atoms with Crippen LogP contribution in [0.1, 0.15) is 18.9 Å². The number of benzene rings is 3. The molecule has 1 saturated heterocycles. The molecule has 40 heavy (non-hydrogen) atoms. The Hall–Kier alpha value is -3.48. The number of hydrogen-bond acceptors (Lipinski definition) is 7. The summed E-state index contributed by atoms with van der Waals surface area (Å²) in [6.07, 6.45) is 0.114. The van der Waals surface area contributed by atoms with E-state index in [2.05, 4.69) is 5.10 Å². The Morgan fingerprint density at radius 1 is 1.12 bits per heavy atom. The lowest BCUT2D eigenvalue weighted by molar-refractivity contribution is -0.141. The normalized spacial score (nSPS) is 21.1. The minimum absolute atomic E-state index is 0.114. The van der Waals surface area contributed by atoms with Gasteiger partial charge in [-0.25, -0.2) is 13.9 Å². The van der Waals surface area contributed by atoms with E-state index < -0.39 is 33.3 Å². The number of carbonyl (C=O) groups is 2. The molecule has 2 heterocycles. The first-order valence-corrected chi connectivity index (χ1v) is 14.4. The van der Waals surface area contributed by atoms with Gasteiger partial charge >= 0.3 is 0 Å². The van der Waals surface area contributed by atoms with Crippen LogP contribution in [0.5, 0.6) is 5.75 Å². The molecule has 5 rings (SSSR count). The molecule has 0 bridgehead atoms. The minimum Gasteiger partial charge on any atom is -0.489 e. The van der Waals surface area contributed by atoms with Gasteiger partial charge in [0.2, 0.25) is 10.0 Å². The van der Waals surface area contributed by atoms with Crippen molar-refractivity contribution in [3.63, 3.8) is 0 Å². The van der Waals surface area contributed by atoms with Crippen molar-refractivity contribution in [1.82, 2.24) is 9.79 Å². The number of nitrogens with one attached hydrogen (secondary N) is 1. The highest BCUT2D eigenvalue weighted by Gasteiger charge is 2.61. The summed E-state index contributed by atoms with van der Waals surface area (Å²) >= 11 is 12.1. The maximum Gasteiger partial charge on any atom is 0.263 e. The Bertz CT molecular complexity index is 1600.